The number of nitrogens with one attached hydrogen (secondary N) is 1. The minimum atomic E-state index is 0.0881. The molecular formula is C20H25N3O2. The summed E-state index contributed by atoms with van der Waals surface area (Å²) in [5.41, 5.74) is 8.80. The zero-order valence-corrected chi connectivity index (χ0v) is 14.4. The Morgan fingerprint density at radius 1 is 1.16 bits per heavy atom. The molecule has 0 radical (unpaired) electrons. The molecule has 5 nitrogen and oxygen atoms in total. The lowest BCUT2D eigenvalue weighted by Crippen LogP contribution is -2.48. The Kier molecular flexibility index (Phi) is 3.59. The van der Waals surface area contributed by atoms with Gasteiger partial charge < -0.3 is 15.5 Å². The van der Waals surface area contributed by atoms with Crippen molar-refractivity contribution in [2.45, 2.75) is 56.9 Å². The van der Waals surface area contributed by atoms with Gasteiger partial charge in [0.05, 0.1) is 0 Å². The summed E-state index contributed by atoms with van der Waals surface area (Å²) >= 11 is 0. The van der Waals surface area contributed by atoms with Crippen molar-refractivity contribution in [2.75, 3.05) is 5.32 Å². The predicted molar refractivity (Wildman–Crippen MR) is 96.1 cm³/mol. The molecule has 1 heterocycles. The summed E-state index contributed by atoms with van der Waals surface area (Å²) in [5, 5.41) is 3.10. The van der Waals surface area contributed by atoms with E-state index in [0.717, 1.165) is 35.5 Å². The molecule has 1 aromatic carbocycles. The second-order valence-electron chi connectivity index (χ2n) is 8.19. The maximum atomic E-state index is 12.8. The molecule has 2 bridgehead atoms. The number of aromatic nitrogens is 1. The Bertz CT molecular complexity index is 796. The van der Waals surface area contributed by atoms with E-state index in [9.17, 15) is 4.79 Å². The lowest BCUT2D eigenvalue weighted by molar-refractivity contribution is -0.122. The van der Waals surface area contributed by atoms with Crippen molar-refractivity contribution >= 4 is 22.7 Å². The van der Waals surface area contributed by atoms with Crippen LogP contribution in [0.5, 0.6) is 0 Å². The third-order valence-corrected chi connectivity index (χ3v) is 6.38. The normalized spacial score (nSPS) is 31.9. The van der Waals surface area contributed by atoms with E-state index in [4.69, 9.17) is 10.2 Å². The molecule has 5 rings (SSSR count). The van der Waals surface area contributed by atoms with Gasteiger partial charge in [-0.1, -0.05) is 6.42 Å². The van der Waals surface area contributed by atoms with Gasteiger partial charge in [-0.05, 0) is 68.6 Å². The molecule has 2 unspecified atom stereocenters. The number of carbonyl (C=O) groups excluding carboxylic acids is 1. The molecule has 0 saturated heterocycles. The highest BCUT2D eigenvalue weighted by atomic mass is 16.3. The number of amides is 1. The second kappa shape index (κ2) is 5.84. The number of carbonyl (C=O) groups is 1. The standard InChI is InChI=1S/C20H25N3O2/c21-18-12-2-1-3-13(18)9-14(8-12)19(24)22-15-6-7-17-16(10-15)23-20(25-17)11-4-5-11/h6-7,10-14,18H,1-5,8-9,21H2,(H,22,24). The summed E-state index contributed by atoms with van der Waals surface area (Å²) in [5.74, 6) is 2.59. The topological polar surface area (TPSA) is 81.2 Å². The molecule has 3 aliphatic carbocycles. The van der Waals surface area contributed by atoms with Crippen LogP contribution in [-0.2, 0) is 4.79 Å². The Hall–Kier alpha value is -1.88. The highest BCUT2D eigenvalue weighted by Gasteiger charge is 2.40. The highest BCUT2D eigenvalue weighted by molar-refractivity contribution is 5.94. The third kappa shape index (κ3) is 2.84. The van der Waals surface area contributed by atoms with Gasteiger partial charge in [-0.2, -0.15) is 0 Å². The van der Waals surface area contributed by atoms with E-state index in [-0.39, 0.29) is 11.8 Å². The van der Waals surface area contributed by atoms with E-state index in [1.54, 1.807) is 0 Å². The Balaban J connectivity index is 1.31. The Morgan fingerprint density at radius 3 is 2.64 bits per heavy atom. The fourth-order valence-corrected chi connectivity index (χ4v) is 4.78. The van der Waals surface area contributed by atoms with Crippen LogP contribution < -0.4 is 11.1 Å². The zero-order valence-electron chi connectivity index (χ0n) is 14.4. The quantitative estimate of drug-likeness (QED) is 0.891. The van der Waals surface area contributed by atoms with Crippen molar-refractivity contribution in [3.8, 4) is 0 Å². The molecule has 1 aromatic heterocycles. The summed E-state index contributed by atoms with van der Waals surface area (Å²) in [7, 11) is 0. The van der Waals surface area contributed by atoms with Gasteiger partial charge in [0.1, 0.15) is 5.52 Å². The first-order valence-corrected chi connectivity index (χ1v) is 9.64. The van der Waals surface area contributed by atoms with Crippen LogP contribution in [0.1, 0.15) is 56.8 Å². The number of nitrogens with two attached hydrogens (primary N) is 1. The predicted octanol–water partition coefficient (Wildman–Crippen LogP) is 3.80. The first kappa shape index (κ1) is 15.4. The minimum Gasteiger partial charge on any atom is -0.440 e. The minimum absolute atomic E-state index is 0.0881. The first-order chi connectivity index (χ1) is 12.2. The molecule has 2 aromatic rings. The molecular weight excluding hydrogens is 314 g/mol. The Morgan fingerprint density at radius 2 is 1.92 bits per heavy atom. The monoisotopic (exact) mass is 339 g/mol. The zero-order chi connectivity index (χ0) is 17.0. The molecule has 25 heavy (non-hydrogen) atoms. The molecule has 0 spiro atoms. The summed E-state index contributed by atoms with van der Waals surface area (Å²) in [6.45, 7) is 0. The largest absolute Gasteiger partial charge is 0.440 e. The van der Waals surface area contributed by atoms with Crippen LogP contribution in [0.25, 0.3) is 11.1 Å². The van der Waals surface area contributed by atoms with Crippen molar-refractivity contribution in [3.63, 3.8) is 0 Å². The van der Waals surface area contributed by atoms with Crippen molar-refractivity contribution in [2.24, 2.45) is 23.5 Å². The van der Waals surface area contributed by atoms with Crippen molar-refractivity contribution in [1.29, 1.82) is 0 Å². The average molecular weight is 339 g/mol. The lowest BCUT2D eigenvalue weighted by Gasteiger charge is -2.43. The van der Waals surface area contributed by atoms with Gasteiger partial charge in [-0.15, -0.1) is 0 Å². The van der Waals surface area contributed by atoms with Crippen LogP contribution in [0.4, 0.5) is 5.69 Å². The smallest absolute Gasteiger partial charge is 0.227 e. The molecule has 0 aliphatic heterocycles. The summed E-state index contributed by atoms with van der Waals surface area (Å²) < 4.78 is 5.79. The number of hydrogen-bond donors (Lipinski definition) is 2. The van der Waals surface area contributed by atoms with Gasteiger partial charge in [-0.25, -0.2) is 4.98 Å². The van der Waals surface area contributed by atoms with Crippen LogP contribution in [0.2, 0.25) is 0 Å². The summed E-state index contributed by atoms with van der Waals surface area (Å²) in [4.78, 5) is 17.3. The van der Waals surface area contributed by atoms with Crippen LogP contribution in [0, 0.1) is 17.8 Å². The van der Waals surface area contributed by atoms with E-state index in [1.807, 2.05) is 18.2 Å². The Labute approximate surface area is 147 Å². The number of fused-ring (bicyclic) bond motifs is 3. The first-order valence-electron chi connectivity index (χ1n) is 9.64. The van der Waals surface area contributed by atoms with E-state index >= 15 is 0 Å². The van der Waals surface area contributed by atoms with Crippen LogP contribution in [0.15, 0.2) is 22.6 Å². The lowest BCUT2D eigenvalue weighted by atomic mass is 9.65. The SMILES string of the molecule is NC1C2CCCC1CC(C(=O)Nc1ccc3oc(C4CC4)nc3c1)C2. The molecule has 132 valence electrons. The van der Waals surface area contributed by atoms with Gasteiger partial charge in [0.15, 0.2) is 11.5 Å². The van der Waals surface area contributed by atoms with E-state index < -0.39 is 0 Å². The summed E-state index contributed by atoms with van der Waals surface area (Å²) in [6, 6.07) is 6.05. The fourth-order valence-electron chi connectivity index (χ4n) is 4.78. The van der Waals surface area contributed by atoms with Crippen LogP contribution >= 0.6 is 0 Å². The molecule has 5 heteroatoms. The maximum absolute atomic E-state index is 12.8. The number of nitrogens with zero attached hydrogens (tertiary/aromatic N) is 1. The van der Waals surface area contributed by atoms with E-state index in [0.29, 0.717) is 23.8 Å². The van der Waals surface area contributed by atoms with Gasteiger partial charge >= 0.3 is 0 Å². The van der Waals surface area contributed by atoms with Gasteiger partial charge in [0.2, 0.25) is 5.91 Å². The third-order valence-electron chi connectivity index (χ3n) is 6.38. The van der Waals surface area contributed by atoms with Gasteiger partial charge in [0.25, 0.3) is 0 Å². The van der Waals surface area contributed by atoms with Gasteiger partial charge in [0, 0.05) is 23.6 Å². The molecule has 2 atom stereocenters. The van der Waals surface area contributed by atoms with Gasteiger partial charge in [-0.3, -0.25) is 4.79 Å². The number of anilines is 1. The van der Waals surface area contributed by atoms with Crippen molar-refractivity contribution in [1.82, 2.24) is 4.98 Å². The molecule has 1 amide bonds. The molecule has 3 aliphatic rings. The maximum Gasteiger partial charge on any atom is 0.227 e. The second-order valence-corrected chi connectivity index (χ2v) is 8.19. The van der Waals surface area contributed by atoms with Crippen molar-refractivity contribution in [3.05, 3.63) is 24.1 Å². The van der Waals surface area contributed by atoms with E-state index in [1.165, 1.54) is 32.1 Å². The fraction of sp³-hybridized carbons (Fsp3) is 0.600. The van der Waals surface area contributed by atoms with E-state index in [2.05, 4.69) is 10.3 Å². The molecule has 3 N–H and O–H groups in total. The molecule has 3 saturated carbocycles. The average Bonchev–Trinajstić information content (AvgIpc) is 3.34. The van der Waals surface area contributed by atoms with Crippen LogP contribution in [-0.4, -0.2) is 16.9 Å². The highest BCUT2D eigenvalue weighted by Crippen LogP contribution is 2.42. The number of benzene rings is 1. The van der Waals surface area contributed by atoms with Crippen molar-refractivity contribution < 1.29 is 9.21 Å². The number of oxazole rings is 1. The molecule has 3 fully saturated rings. The summed E-state index contributed by atoms with van der Waals surface area (Å²) in [6.07, 6.45) is 7.82. The number of rotatable bonds is 3. The van der Waals surface area contributed by atoms with Crippen LogP contribution in [0.3, 0.4) is 0 Å². The number of hydrogen-bond acceptors (Lipinski definition) is 4.